The van der Waals surface area contributed by atoms with Crippen LogP contribution in [0.25, 0.3) is 0 Å². The van der Waals surface area contributed by atoms with Gasteiger partial charge in [0.05, 0.1) is 17.6 Å². The van der Waals surface area contributed by atoms with Crippen LogP contribution in [-0.4, -0.2) is 42.9 Å². The van der Waals surface area contributed by atoms with E-state index in [4.69, 9.17) is 4.74 Å². The Morgan fingerprint density at radius 3 is 2.66 bits per heavy atom. The second kappa shape index (κ2) is 11.9. The van der Waals surface area contributed by atoms with Gasteiger partial charge in [-0.2, -0.15) is 11.8 Å². The zero-order valence-corrected chi connectivity index (χ0v) is 20.0. The van der Waals surface area contributed by atoms with Crippen molar-refractivity contribution in [2.45, 2.75) is 44.6 Å². The molecule has 1 aliphatic rings. The van der Waals surface area contributed by atoms with Crippen LogP contribution in [0.15, 0.2) is 30.3 Å². The number of hydrogen-bond acceptors (Lipinski definition) is 6. The molecule has 3 amide bonds. The minimum Gasteiger partial charge on any atom is -0.496 e. The number of aryl methyl sites for hydroxylation is 2. The first-order valence-electron chi connectivity index (χ1n) is 10.7. The Hall–Kier alpha value is -2.52. The van der Waals surface area contributed by atoms with E-state index < -0.39 is 17.9 Å². The van der Waals surface area contributed by atoms with Crippen LogP contribution in [0.5, 0.6) is 5.75 Å². The third-order valence-corrected chi connectivity index (χ3v) is 7.23. The van der Waals surface area contributed by atoms with Crippen molar-refractivity contribution >= 4 is 40.8 Å². The lowest BCUT2D eigenvalue weighted by atomic mass is 10.1. The topological polar surface area (TPSA) is 96.5 Å². The Morgan fingerprint density at radius 1 is 1.09 bits per heavy atom. The summed E-state index contributed by atoms with van der Waals surface area (Å²) >= 11 is 3.07. The molecule has 0 bridgehead atoms. The summed E-state index contributed by atoms with van der Waals surface area (Å²) in [5.74, 6) is -0.0998. The summed E-state index contributed by atoms with van der Waals surface area (Å²) in [7, 11) is 1.49. The molecule has 0 saturated carbocycles. The molecule has 3 rings (SSSR count). The normalized spacial score (nSPS) is 13.9. The molecule has 9 heteroatoms. The van der Waals surface area contributed by atoms with Gasteiger partial charge in [-0.05, 0) is 67.9 Å². The molecule has 1 atom stereocenters. The fourth-order valence-corrected chi connectivity index (χ4v) is 5.24. The Kier molecular flexibility index (Phi) is 8.99. The molecular weight excluding hydrogens is 446 g/mol. The van der Waals surface area contributed by atoms with E-state index in [9.17, 15) is 14.4 Å². The highest BCUT2D eigenvalue weighted by molar-refractivity contribution is 7.98. The first-order valence-corrected chi connectivity index (χ1v) is 12.9. The molecule has 0 radical (unpaired) electrons. The number of thioether (sulfide) groups is 1. The van der Waals surface area contributed by atoms with Gasteiger partial charge < -0.3 is 10.1 Å². The van der Waals surface area contributed by atoms with Gasteiger partial charge in [0.1, 0.15) is 11.8 Å². The van der Waals surface area contributed by atoms with Gasteiger partial charge in [-0.25, -0.2) is 0 Å². The van der Waals surface area contributed by atoms with E-state index in [0.717, 1.165) is 25.7 Å². The lowest BCUT2D eigenvalue weighted by Gasteiger charge is -2.19. The number of hydrogen-bond donors (Lipinski definition) is 3. The van der Waals surface area contributed by atoms with Gasteiger partial charge in [0.25, 0.3) is 17.7 Å². The predicted molar refractivity (Wildman–Crippen MR) is 128 cm³/mol. The van der Waals surface area contributed by atoms with Gasteiger partial charge in [0.15, 0.2) is 0 Å². The van der Waals surface area contributed by atoms with Gasteiger partial charge in [-0.3, -0.25) is 25.2 Å². The van der Waals surface area contributed by atoms with E-state index in [1.54, 1.807) is 36.0 Å². The highest BCUT2D eigenvalue weighted by Crippen LogP contribution is 2.28. The van der Waals surface area contributed by atoms with E-state index >= 15 is 0 Å². The number of fused-ring (bicyclic) bond motifs is 1. The van der Waals surface area contributed by atoms with E-state index in [1.807, 2.05) is 12.3 Å². The smallest absolute Gasteiger partial charge is 0.279 e. The molecule has 1 unspecified atom stereocenters. The van der Waals surface area contributed by atoms with Crippen LogP contribution in [0.4, 0.5) is 0 Å². The van der Waals surface area contributed by atoms with Gasteiger partial charge in [0.2, 0.25) is 0 Å². The van der Waals surface area contributed by atoms with Crippen LogP contribution in [0.3, 0.4) is 0 Å². The standard InChI is InChI=1S/C23H29N3O4S2/c1-30-18-10-7-6-9-16(18)21(27)24-17(12-13-31-2)22(28)25-26-23(29)20-14-15-8-4-3-5-11-19(15)32-20/h6-7,9-10,14,17H,3-5,8,11-13H2,1-2H3,(H,24,27)(H,25,28)(H,26,29). The van der Waals surface area contributed by atoms with E-state index in [1.165, 1.54) is 35.3 Å². The van der Waals surface area contributed by atoms with Crippen molar-refractivity contribution in [2.24, 2.45) is 0 Å². The number of carbonyl (C=O) groups excluding carboxylic acids is 3. The fourth-order valence-electron chi connectivity index (χ4n) is 3.62. The number of benzene rings is 1. The molecule has 172 valence electrons. The van der Waals surface area contributed by atoms with Crippen molar-refractivity contribution < 1.29 is 19.1 Å². The average molecular weight is 476 g/mol. The lowest BCUT2D eigenvalue weighted by molar-refractivity contribution is -0.123. The minimum atomic E-state index is -0.791. The van der Waals surface area contributed by atoms with Crippen LogP contribution in [-0.2, 0) is 17.6 Å². The summed E-state index contributed by atoms with van der Waals surface area (Å²) in [5, 5.41) is 2.76. The predicted octanol–water partition coefficient (Wildman–Crippen LogP) is 3.34. The van der Waals surface area contributed by atoms with E-state index in [-0.39, 0.29) is 5.91 Å². The van der Waals surface area contributed by atoms with Crippen molar-refractivity contribution in [1.29, 1.82) is 0 Å². The number of thiophene rings is 1. The molecule has 1 heterocycles. The van der Waals surface area contributed by atoms with Crippen LogP contribution in [0.2, 0.25) is 0 Å². The van der Waals surface area contributed by atoms with Crippen molar-refractivity contribution in [3.8, 4) is 5.75 Å². The maximum Gasteiger partial charge on any atom is 0.279 e. The first kappa shape index (κ1) is 24.1. The third kappa shape index (κ3) is 6.26. The number of nitrogens with one attached hydrogen (secondary N) is 3. The van der Waals surface area contributed by atoms with Crippen LogP contribution < -0.4 is 20.9 Å². The number of carbonyl (C=O) groups is 3. The van der Waals surface area contributed by atoms with E-state index in [0.29, 0.717) is 28.4 Å². The van der Waals surface area contributed by atoms with Crippen molar-refractivity contribution in [1.82, 2.24) is 16.2 Å². The summed E-state index contributed by atoms with van der Waals surface area (Å²) in [6.45, 7) is 0. The molecule has 1 aromatic heterocycles. The molecular formula is C23H29N3O4S2. The second-order valence-electron chi connectivity index (χ2n) is 7.57. The largest absolute Gasteiger partial charge is 0.496 e. The summed E-state index contributed by atoms with van der Waals surface area (Å²) in [6, 6.07) is 7.97. The quantitative estimate of drug-likeness (QED) is 0.402. The fraction of sp³-hybridized carbons (Fsp3) is 0.435. The molecule has 3 N–H and O–H groups in total. The lowest BCUT2D eigenvalue weighted by Crippen LogP contribution is -2.52. The number of methoxy groups -OCH3 is 1. The van der Waals surface area contributed by atoms with Gasteiger partial charge >= 0.3 is 0 Å². The Labute approximate surface area is 196 Å². The molecule has 0 saturated heterocycles. The zero-order valence-electron chi connectivity index (χ0n) is 18.4. The number of para-hydroxylation sites is 1. The molecule has 0 spiro atoms. The molecule has 1 aliphatic carbocycles. The van der Waals surface area contributed by atoms with Crippen LogP contribution in [0.1, 0.15) is 56.2 Å². The van der Waals surface area contributed by atoms with Crippen molar-refractivity contribution in [2.75, 3.05) is 19.1 Å². The number of hydrazine groups is 1. The maximum absolute atomic E-state index is 12.8. The molecule has 7 nitrogen and oxygen atoms in total. The SMILES string of the molecule is COc1ccccc1C(=O)NC(CCSC)C(=O)NNC(=O)c1cc2c(s1)CCCCC2. The summed E-state index contributed by atoms with van der Waals surface area (Å²) in [5.41, 5.74) is 6.58. The molecule has 0 fully saturated rings. The second-order valence-corrected chi connectivity index (χ2v) is 9.69. The van der Waals surface area contributed by atoms with Gasteiger partial charge in [0, 0.05) is 4.88 Å². The Morgan fingerprint density at radius 2 is 1.88 bits per heavy atom. The first-order chi connectivity index (χ1) is 15.5. The van der Waals surface area contributed by atoms with Gasteiger partial charge in [-0.15, -0.1) is 11.3 Å². The average Bonchev–Trinajstić information content (AvgIpc) is 3.10. The number of rotatable bonds is 8. The minimum absolute atomic E-state index is 0.337. The van der Waals surface area contributed by atoms with Crippen LogP contribution in [0, 0.1) is 0 Å². The zero-order chi connectivity index (χ0) is 22.9. The molecule has 2 aromatic rings. The highest BCUT2D eigenvalue weighted by Gasteiger charge is 2.24. The van der Waals surface area contributed by atoms with Crippen molar-refractivity contribution in [3.63, 3.8) is 0 Å². The number of amides is 3. The highest BCUT2D eigenvalue weighted by atomic mass is 32.2. The van der Waals surface area contributed by atoms with E-state index in [2.05, 4.69) is 16.2 Å². The molecule has 32 heavy (non-hydrogen) atoms. The third-order valence-electron chi connectivity index (χ3n) is 5.35. The number of ether oxygens (including phenoxy) is 1. The summed E-state index contributed by atoms with van der Waals surface area (Å²) in [4.78, 5) is 40.0. The molecule has 0 aliphatic heterocycles. The Bertz CT molecular complexity index is 937. The van der Waals surface area contributed by atoms with Crippen LogP contribution >= 0.6 is 23.1 Å². The maximum atomic E-state index is 12.8. The summed E-state index contributed by atoms with van der Waals surface area (Å²) < 4.78 is 5.24. The van der Waals surface area contributed by atoms with Crippen molar-refractivity contribution in [3.05, 3.63) is 51.2 Å². The Balaban J connectivity index is 1.61. The summed E-state index contributed by atoms with van der Waals surface area (Å²) in [6.07, 6.45) is 7.87. The molecule has 1 aromatic carbocycles. The van der Waals surface area contributed by atoms with Gasteiger partial charge in [-0.1, -0.05) is 18.6 Å². The monoisotopic (exact) mass is 475 g/mol.